The molecule has 2 unspecified atom stereocenters. The molecule has 5 aliphatic rings. The van der Waals surface area contributed by atoms with E-state index in [0.717, 1.165) is 6.08 Å². The molecule has 0 radical (unpaired) electrons. The number of amides is 1. The van der Waals surface area contributed by atoms with Crippen molar-refractivity contribution in [2.24, 2.45) is 0 Å². The largest absolute Gasteiger partial charge is 0.586 e. The number of rotatable bonds is 6. The van der Waals surface area contributed by atoms with Gasteiger partial charge in [-0.2, -0.15) is 18.7 Å². The number of nitrogens with zero attached hydrogens (tertiary/aromatic N) is 6. The van der Waals surface area contributed by atoms with Crippen LogP contribution in [0.4, 0.5) is 41.3 Å². The summed E-state index contributed by atoms with van der Waals surface area (Å²) in [6, 6.07) is 3.33. The summed E-state index contributed by atoms with van der Waals surface area (Å²) in [5, 5.41) is -0.314. The second-order valence-electron chi connectivity index (χ2n) is 15.3. The monoisotopic (exact) mass is 802 g/mol. The van der Waals surface area contributed by atoms with E-state index in [1.165, 1.54) is 23.2 Å². The summed E-state index contributed by atoms with van der Waals surface area (Å²) >= 11 is 6.06. The van der Waals surface area contributed by atoms with Crippen molar-refractivity contribution in [2.75, 3.05) is 38.3 Å². The zero-order valence-corrected chi connectivity index (χ0v) is 31.0. The highest BCUT2D eigenvalue weighted by Gasteiger charge is 2.56. The molecule has 1 aromatic carbocycles. The second kappa shape index (κ2) is 14.0. The van der Waals surface area contributed by atoms with Gasteiger partial charge in [0.15, 0.2) is 22.5 Å². The molecular formula is C36H38ClF7N6O5. The molecule has 0 N–H and O–H groups in total. The number of anilines is 1. The molecule has 2 aromatic heterocycles. The SMILES string of the molecule is CC(C)(C)OC(=O)N1C2CCC1(C=C(F)F)CN(c1nc(OC[C@@]34CC[C@H](c5ccc6c(c5)OC(F)(F)O6)N3C[C@@H](F)C4)nc3c(F)c(Cl)ncc13)C2.CF. The number of pyridine rings is 1. The number of alkyl halides is 4. The lowest BCUT2D eigenvalue weighted by Gasteiger charge is -2.47. The molecule has 0 aliphatic carbocycles. The van der Waals surface area contributed by atoms with Crippen molar-refractivity contribution in [3.63, 3.8) is 0 Å². The molecule has 55 heavy (non-hydrogen) atoms. The summed E-state index contributed by atoms with van der Waals surface area (Å²) in [6.45, 7) is 5.02. The summed E-state index contributed by atoms with van der Waals surface area (Å²) in [4.78, 5) is 31.3. The van der Waals surface area contributed by atoms with Gasteiger partial charge in [-0.25, -0.2) is 18.6 Å². The van der Waals surface area contributed by atoms with Crippen LogP contribution in [0.25, 0.3) is 10.9 Å². The number of halogens is 8. The molecule has 8 rings (SSSR count). The Morgan fingerprint density at radius 2 is 1.84 bits per heavy atom. The number of hydrogen-bond donors (Lipinski definition) is 0. The van der Waals surface area contributed by atoms with Crippen LogP contribution in [0, 0.1) is 5.82 Å². The number of fused-ring (bicyclic) bond motifs is 5. The normalized spacial score (nSPS) is 27.8. The van der Waals surface area contributed by atoms with Gasteiger partial charge in [0.25, 0.3) is 6.08 Å². The maximum atomic E-state index is 15.6. The molecule has 19 heteroatoms. The third-order valence-electron chi connectivity index (χ3n) is 10.7. The van der Waals surface area contributed by atoms with Crippen LogP contribution in [0.3, 0.4) is 0 Å². The summed E-state index contributed by atoms with van der Waals surface area (Å²) in [7, 11) is 0.500. The number of ether oxygens (including phenoxy) is 4. The van der Waals surface area contributed by atoms with Crippen molar-refractivity contribution in [3.05, 3.63) is 53.1 Å². The van der Waals surface area contributed by atoms with E-state index >= 15 is 8.78 Å². The van der Waals surface area contributed by atoms with Crippen LogP contribution < -0.4 is 19.1 Å². The van der Waals surface area contributed by atoms with E-state index in [1.807, 2.05) is 4.90 Å². The van der Waals surface area contributed by atoms with Gasteiger partial charge >= 0.3 is 18.4 Å². The van der Waals surface area contributed by atoms with Crippen LogP contribution in [0.15, 0.2) is 36.6 Å². The molecule has 5 aliphatic heterocycles. The maximum absolute atomic E-state index is 15.6. The molecule has 2 bridgehead atoms. The fourth-order valence-corrected chi connectivity index (χ4v) is 8.84. The Kier molecular flexibility index (Phi) is 9.92. The number of hydrogen-bond acceptors (Lipinski definition) is 10. The highest BCUT2D eigenvalue weighted by Crippen LogP contribution is 2.52. The number of piperazine rings is 1. The van der Waals surface area contributed by atoms with Crippen LogP contribution >= 0.6 is 11.6 Å². The summed E-state index contributed by atoms with van der Waals surface area (Å²) in [5.41, 5.74) is -2.77. The molecular weight excluding hydrogens is 765 g/mol. The van der Waals surface area contributed by atoms with Crippen LogP contribution in [-0.4, -0.2) is 99.5 Å². The molecule has 11 nitrogen and oxygen atoms in total. The second-order valence-corrected chi connectivity index (χ2v) is 15.7. The number of benzene rings is 1. The lowest BCUT2D eigenvalue weighted by Crippen LogP contribution is -2.63. The summed E-state index contributed by atoms with van der Waals surface area (Å²) < 4.78 is 117. The smallest absolute Gasteiger partial charge is 0.461 e. The van der Waals surface area contributed by atoms with E-state index in [2.05, 4.69) is 24.4 Å². The van der Waals surface area contributed by atoms with Gasteiger partial charge in [0.1, 0.15) is 29.7 Å². The zero-order valence-electron chi connectivity index (χ0n) is 30.2. The van der Waals surface area contributed by atoms with Crippen LogP contribution in [0.2, 0.25) is 5.15 Å². The Hall–Kier alpha value is -4.32. The van der Waals surface area contributed by atoms with E-state index in [-0.39, 0.29) is 79.4 Å². The molecule has 5 atom stereocenters. The summed E-state index contributed by atoms with van der Waals surface area (Å²) in [6.07, 6.45) is -3.92. The molecule has 4 fully saturated rings. The molecule has 0 saturated carbocycles. The Morgan fingerprint density at radius 3 is 2.56 bits per heavy atom. The first-order valence-corrected chi connectivity index (χ1v) is 18.0. The molecule has 1 amide bonds. The Balaban J connectivity index is 0.00000229. The summed E-state index contributed by atoms with van der Waals surface area (Å²) in [5.74, 6) is -1.03. The first-order chi connectivity index (χ1) is 25.9. The Bertz CT molecular complexity index is 2020. The van der Waals surface area contributed by atoms with Gasteiger partial charge in [-0.15, -0.1) is 8.78 Å². The minimum atomic E-state index is -3.78. The molecule has 7 heterocycles. The maximum Gasteiger partial charge on any atom is 0.586 e. The fourth-order valence-electron chi connectivity index (χ4n) is 8.70. The van der Waals surface area contributed by atoms with Crippen molar-refractivity contribution in [2.45, 2.75) is 94.1 Å². The van der Waals surface area contributed by atoms with Gasteiger partial charge in [-0.05, 0) is 64.2 Å². The molecule has 3 aromatic rings. The minimum absolute atomic E-state index is 0.0579. The van der Waals surface area contributed by atoms with Crippen molar-refractivity contribution >= 4 is 34.4 Å². The average Bonchev–Trinajstić information content (AvgIpc) is 3.78. The Morgan fingerprint density at radius 1 is 1.09 bits per heavy atom. The van der Waals surface area contributed by atoms with E-state index in [0.29, 0.717) is 32.0 Å². The van der Waals surface area contributed by atoms with Crippen molar-refractivity contribution in [1.29, 1.82) is 0 Å². The van der Waals surface area contributed by atoms with E-state index < -0.39 is 58.3 Å². The van der Waals surface area contributed by atoms with Crippen molar-refractivity contribution in [3.8, 4) is 17.5 Å². The highest BCUT2D eigenvalue weighted by molar-refractivity contribution is 6.30. The third kappa shape index (κ3) is 7.15. The van der Waals surface area contributed by atoms with Crippen LogP contribution in [-0.2, 0) is 4.74 Å². The van der Waals surface area contributed by atoms with Gasteiger partial charge < -0.3 is 23.8 Å². The lowest BCUT2D eigenvalue weighted by molar-refractivity contribution is -0.286. The standard InChI is InChI=1S/C35H35ClF6N6O5.CH3F/c1-32(2,3)53-31(49)48-20-6-8-33(48,12-25(38)39)16-46(15-20)29-21-13-43-28(36)26(40)27(21)44-30(45-29)50-17-34-9-7-22(47(34)14-19(37)11-34)18-4-5-23-24(10-18)52-35(41,42)51-23;1-2/h4-5,10,12-13,19-20,22H,6-9,11,14-17H2,1-3H3;1H3/t19-,20?,22+,33?,34-;/m0./s1. The van der Waals surface area contributed by atoms with Gasteiger partial charge in [-0.1, -0.05) is 17.7 Å². The molecule has 4 saturated heterocycles. The predicted octanol–water partition coefficient (Wildman–Crippen LogP) is 8.16. The van der Waals surface area contributed by atoms with E-state index in [1.54, 1.807) is 31.7 Å². The first kappa shape index (κ1) is 38.9. The average molecular weight is 803 g/mol. The highest BCUT2D eigenvalue weighted by atomic mass is 35.5. The minimum Gasteiger partial charge on any atom is -0.461 e. The number of aromatic nitrogens is 3. The van der Waals surface area contributed by atoms with Gasteiger partial charge in [0.2, 0.25) is 0 Å². The van der Waals surface area contributed by atoms with Crippen molar-refractivity contribution in [1.82, 2.24) is 24.8 Å². The van der Waals surface area contributed by atoms with Crippen LogP contribution in [0.5, 0.6) is 17.5 Å². The molecule has 0 spiro atoms. The Labute approximate surface area is 316 Å². The third-order valence-corrected chi connectivity index (χ3v) is 10.9. The van der Waals surface area contributed by atoms with E-state index in [9.17, 15) is 26.7 Å². The number of carbonyl (C=O) groups excluding carboxylic acids is 1. The fraction of sp³-hybridized carbons (Fsp3) is 0.556. The van der Waals surface area contributed by atoms with E-state index in [4.69, 9.17) is 21.1 Å². The quantitative estimate of drug-likeness (QED) is 0.179. The zero-order chi connectivity index (χ0) is 39.7. The van der Waals surface area contributed by atoms with Gasteiger partial charge in [0.05, 0.1) is 29.7 Å². The first-order valence-electron chi connectivity index (χ1n) is 17.6. The van der Waals surface area contributed by atoms with Gasteiger partial charge in [-0.3, -0.25) is 14.2 Å². The predicted molar refractivity (Wildman–Crippen MR) is 185 cm³/mol. The van der Waals surface area contributed by atoms with Crippen molar-refractivity contribution < 1.29 is 54.5 Å². The number of carbonyl (C=O) groups is 1. The van der Waals surface area contributed by atoms with Crippen LogP contribution in [0.1, 0.15) is 64.5 Å². The van der Waals surface area contributed by atoms with Gasteiger partial charge in [0, 0.05) is 44.4 Å². The lowest BCUT2D eigenvalue weighted by atomic mass is 9.94. The molecule has 298 valence electrons. The topological polar surface area (TPSA) is 102 Å².